The Morgan fingerprint density at radius 3 is 2.47 bits per heavy atom. The molecule has 19 heavy (non-hydrogen) atoms. The molecule has 0 heterocycles. The number of anilines is 1. The second-order valence-corrected chi connectivity index (χ2v) is 6.04. The zero-order chi connectivity index (χ0) is 13.8. The Hall–Kier alpha value is -0.730. The van der Waals surface area contributed by atoms with Gasteiger partial charge in [-0.05, 0) is 49.3 Å². The SMILES string of the molecule is CCC1CCC(N(C)c2ccc(CO)cc2Cl)CC1. The molecule has 0 aliphatic heterocycles. The fourth-order valence-corrected chi connectivity index (χ4v) is 3.41. The third kappa shape index (κ3) is 3.43. The Kier molecular flexibility index (Phi) is 5.12. The van der Waals surface area contributed by atoms with Gasteiger partial charge in [0.2, 0.25) is 0 Å². The monoisotopic (exact) mass is 281 g/mol. The molecule has 0 spiro atoms. The van der Waals surface area contributed by atoms with Crippen molar-refractivity contribution in [2.75, 3.05) is 11.9 Å². The molecular formula is C16H24ClNO. The van der Waals surface area contributed by atoms with Crippen LogP contribution in [0.2, 0.25) is 5.02 Å². The zero-order valence-corrected chi connectivity index (χ0v) is 12.7. The Morgan fingerprint density at radius 1 is 1.26 bits per heavy atom. The van der Waals surface area contributed by atoms with Crippen LogP contribution in [0.3, 0.4) is 0 Å². The van der Waals surface area contributed by atoms with Crippen molar-refractivity contribution in [2.24, 2.45) is 5.92 Å². The third-order valence-electron chi connectivity index (χ3n) is 4.52. The Balaban J connectivity index is 2.05. The van der Waals surface area contributed by atoms with Crippen LogP contribution in [0.25, 0.3) is 0 Å². The van der Waals surface area contributed by atoms with Gasteiger partial charge in [-0.25, -0.2) is 0 Å². The predicted octanol–water partition coefficient (Wildman–Crippen LogP) is 4.24. The van der Waals surface area contributed by atoms with E-state index in [1.807, 2.05) is 18.2 Å². The van der Waals surface area contributed by atoms with E-state index in [-0.39, 0.29) is 6.61 Å². The first-order valence-electron chi connectivity index (χ1n) is 7.27. The maximum Gasteiger partial charge on any atom is 0.0682 e. The van der Waals surface area contributed by atoms with E-state index in [9.17, 15) is 0 Å². The van der Waals surface area contributed by atoms with Gasteiger partial charge in [-0.1, -0.05) is 31.0 Å². The molecule has 1 aromatic rings. The minimum absolute atomic E-state index is 0.0469. The summed E-state index contributed by atoms with van der Waals surface area (Å²) < 4.78 is 0. The average Bonchev–Trinajstić information content (AvgIpc) is 2.46. The van der Waals surface area contributed by atoms with E-state index in [4.69, 9.17) is 16.7 Å². The Bertz CT molecular complexity index is 413. The molecule has 1 aliphatic carbocycles. The second kappa shape index (κ2) is 6.62. The largest absolute Gasteiger partial charge is 0.392 e. The van der Waals surface area contributed by atoms with Crippen LogP contribution in [0.1, 0.15) is 44.6 Å². The van der Waals surface area contributed by atoms with Crippen molar-refractivity contribution in [1.82, 2.24) is 0 Å². The van der Waals surface area contributed by atoms with Crippen molar-refractivity contribution in [3.8, 4) is 0 Å². The lowest BCUT2D eigenvalue weighted by Gasteiger charge is -2.36. The van der Waals surface area contributed by atoms with Crippen LogP contribution in [0.4, 0.5) is 5.69 Å². The van der Waals surface area contributed by atoms with Gasteiger partial charge >= 0.3 is 0 Å². The average molecular weight is 282 g/mol. The van der Waals surface area contributed by atoms with E-state index >= 15 is 0 Å². The molecule has 106 valence electrons. The number of hydrogen-bond acceptors (Lipinski definition) is 2. The van der Waals surface area contributed by atoms with Crippen LogP contribution in [-0.4, -0.2) is 18.2 Å². The van der Waals surface area contributed by atoms with Crippen LogP contribution in [0.15, 0.2) is 18.2 Å². The molecule has 0 aromatic heterocycles. The number of benzene rings is 1. The number of aliphatic hydroxyl groups is 1. The molecule has 1 saturated carbocycles. The van der Waals surface area contributed by atoms with Crippen LogP contribution in [0.5, 0.6) is 0 Å². The van der Waals surface area contributed by atoms with Gasteiger partial charge in [0.15, 0.2) is 0 Å². The summed E-state index contributed by atoms with van der Waals surface area (Å²) in [6, 6.07) is 6.44. The van der Waals surface area contributed by atoms with E-state index in [2.05, 4.69) is 18.9 Å². The molecule has 1 aromatic carbocycles. The fourth-order valence-electron chi connectivity index (χ4n) is 3.07. The molecular weight excluding hydrogens is 258 g/mol. The van der Waals surface area contributed by atoms with Crippen molar-refractivity contribution in [2.45, 2.75) is 51.7 Å². The standard InChI is InChI=1S/C16H24ClNO/c1-3-12-4-7-14(8-5-12)18(2)16-9-6-13(11-19)10-15(16)17/h6,9-10,12,14,19H,3-5,7-8,11H2,1-2H3. The van der Waals surface area contributed by atoms with Crippen molar-refractivity contribution >= 4 is 17.3 Å². The molecule has 0 bridgehead atoms. The van der Waals surface area contributed by atoms with E-state index in [1.54, 1.807) is 0 Å². The predicted molar refractivity (Wildman–Crippen MR) is 81.8 cm³/mol. The zero-order valence-electron chi connectivity index (χ0n) is 11.9. The smallest absolute Gasteiger partial charge is 0.0682 e. The summed E-state index contributed by atoms with van der Waals surface area (Å²) in [5.41, 5.74) is 1.95. The number of rotatable bonds is 4. The minimum atomic E-state index is 0.0469. The van der Waals surface area contributed by atoms with Gasteiger partial charge in [0.1, 0.15) is 0 Å². The normalized spacial score (nSPS) is 23.4. The number of halogens is 1. The van der Waals surface area contributed by atoms with Crippen molar-refractivity contribution in [1.29, 1.82) is 0 Å². The van der Waals surface area contributed by atoms with Gasteiger partial charge in [-0.15, -0.1) is 0 Å². The fraction of sp³-hybridized carbons (Fsp3) is 0.625. The Morgan fingerprint density at radius 2 is 1.95 bits per heavy atom. The highest BCUT2D eigenvalue weighted by Crippen LogP contribution is 2.34. The molecule has 0 unspecified atom stereocenters. The van der Waals surface area contributed by atoms with Crippen LogP contribution >= 0.6 is 11.6 Å². The van der Waals surface area contributed by atoms with Gasteiger partial charge < -0.3 is 10.0 Å². The van der Waals surface area contributed by atoms with E-state index in [1.165, 1.54) is 32.1 Å². The van der Waals surface area contributed by atoms with Gasteiger partial charge in [0.25, 0.3) is 0 Å². The third-order valence-corrected chi connectivity index (χ3v) is 4.82. The first-order valence-corrected chi connectivity index (χ1v) is 7.65. The molecule has 0 radical (unpaired) electrons. The maximum absolute atomic E-state index is 9.12. The molecule has 0 saturated heterocycles. The summed E-state index contributed by atoms with van der Waals surface area (Å²) in [6.45, 7) is 2.34. The number of hydrogen-bond donors (Lipinski definition) is 1. The van der Waals surface area contributed by atoms with Gasteiger partial charge in [-0.2, -0.15) is 0 Å². The quantitative estimate of drug-likeness (QED) is 0.892. The molecule has 1 fully saturated rings. The Labute approximate surface area is 121 Å². The van der Waals surface area contributed by atoms with E-state index in [0.29, 0.717) is 6.04 Å². The molecule has 2 nitrogen and oxygen atoms in total. The second-order valence-electron chi connectivity index (χ2n) is 5.64. The highest BCUT2D eigenvalue weighted by molar-refractivity contribution is 6.33. The summed E-state index contributed by atoms with van der Waals surface area (Å²) >= 11 is 6.33. The van der Waals surface area contributed by atoms with Crippen LogP contribution in [-0.2, 0) is 6.61 Å². The number of aliphatic hydroxyl groups excluding tert-OH is 1. The van der Waals surface area contributed by atoms with Gasteiger partial charge in [0, 0.05) is 13.1 Å². The van der Waals surface area contributed by atoms with Crippen LogP contribution < -0.4 is 4.90 Å². The lowest BCUT2D eigenvalue weighted by Crippen LogP contribution is -2.35. The van der Waals surface area contributed by atoms with Gasteiger partial charge in [0.05, 0.1) is 17.3 Å². The number of nitrogens with zero attached hydrogens (tertiary/aromatic N) is 1. The summed E-state index contributed by atoms with van der Waals surface area (Å²) in [5.74, 6) is 0.914. The van der Waals surface area contributed by atoms with Crippen molar-refractivity contribution in [3.05, 3.63) is 28.8 Å². The van der Waals surface area contributed by atoms with E-state index < -0.39 is 0 Å². The lowest BCUT2D eigenvalue weighted by atomic mass is 9.84. The van der Waals surface area contributed by atoms with Crippen molar-refractivity contribution < 1.29 is 5.11 Å². The minimum Gasteiger partial charge on any atom is -0.392 e. The summed E-state index contributed by atoms with van der Waals surface area (Å²) in [4.78, 5) is 2.31. The first-order chi connectivity index (χ1) is 9.15. The summed E-state index contributed by atoms with van der Waals surface area (Å²) in [7, 11) is 2.14. The topological polar surface area (TPSA) is 23.5 Å². The molecule has 1 aliphatic rings. The summed E-state index contributed by atoms with van der Waals surface area (Å²) in [5, 5.41) is 9.87. The molecule has 2 rings (SSSR count). The molecule has 0 atom stereocenters. The highest BCUT2D eigenvalue weighted by Gasteiger charge is 2.24. The molecule has 0 amide bonds. The van der Waals surface area contributed by atoms with E-state index in [0.717, 1.165) is 22.2 Å². The van der Waals surface area contributed by atoms with Crippen molar-refractivity contribution in [3.63, 3.8) is 0 Å². The highest BCUT2D eigenvalue weighted by atomic mass is 35.5. The lowest BCUT2D eigenvalue weighted by molar-refractivity contribution is 0.282. The molecule has 1 N–H and O–H groups in total. The first kappa shape index (κ1) is 14.7. The maximum atomic E-state index is 9.12. The van der Waals surface area contributed by atoms with Crippen LogP contribution in [0, 0.1) is 5.92 Å². The van der Waals surface area contributed by atoms with Gasteiger partial charge in [-0.3, -0.25) is 0 Å². The molecule has 3 heteroatoms. The summed E-state index contributed by atoms with van der Waals surface area (Å²) in [6.07, 6.45) is 6.48.